The number of rotatable bonds is 6. The summed E-state index contributed by atoms with van der Waals surface area (Å²) in [6.07, 6.45) is 1.28. The van der Waals surface area contributed by atoms with E-state index >= 15 is 0 Å². The third kappa shape index (κ3) is 2.75. The average Bonchev–Trinajstić information content (AvgIpc) is 3.25. The minimum absolute atomic E-state index is 0.00814. The van der Waals surface area contributed by atoms with Gasteiger partial charge in [0.25, 0.3) is 5.91 Å². The van der Waals surface area contributed by atoms with E-state index < -0.39 is 0 Å². The van der Waals surface area contributed by atoms with Gasteiger partial charge in [-0.3, -0.25) is 4.79 Å². The Hall–Kier alpha value is -3.22. The fraction of sp³-hybridized carbons (Fsp3) is 0.300. The number of carbonyl (C=O) groups is 2. The van der Waals surface area contributed by atoms with Crippen LogP contribution in [0.15, 0.2) is 30.3 Å². The first kappa shape index (κ1) is 17.2. The molecule has 27 heavy (non-hydrogen) atoms. The Morgan fingerprint density at radius 3 is 2.70 bits per heavy atom. The number of hydrogen-bond acceptors (Lipinski definition) is 6. The van der Waals surface area contributed by atoms with Crippen LogP contribution in [0.1, 0.15) is 27.5 Å². The third-order valence-electron chi connectivity index (χ3n) is 4.93. The van der Waals surface area contributed by atoms with Gasteiger partial charge in [0.1, 0.15) is 6.29 Å². The van der Waals surface area contributed by atoms with Crippen molar-refractivity contribution in [1.82, 2.24) is 4.90 Å². The molecule has 0 saturated heterocycles. The van der Waals surface area contributed by atoms with Gasteiger partial charge < -0.3 is 28.6 Å². The predicted molar refractivity (Wildman–Crippen MR) is 95.7 cm³/mol. The second kappa shape index (κ2) is 6.83. The Kier molecular flexibility index (Phi) is 4.35. The first-order valence-electron chi connectivity index (χ1n) is 8.56. The van der Waals surface area contributed by atoms with Crippen molar-refractivity contribution in [3.05, 3.63) is 47.0 Å². The number of methoxy groups -OCH3 is 2. The second-order valence-electron chi connectivity index (χ2n) is 6.30. The van der Waals surface area contributed by atoms with Crippen molar-refractivity contribution in [2.24, 2.45) is 0 Å². The lowest BCUT2D eigenvalue weighted by molar-refractivity contribution is -0.108. The van der Waals surface area contributed by atoms with Gasteiger partial charge in [0.2, 0.25) is 6.79 Å². The van der Waals surface area contributed by atoms with Gasteiger partial charge in [-0.25, -0.2) is 0 Å². The summed E-state index contributed by atoms with van der Waals surface area (Å²) in [5.74, 6) is 2.03. The van der Waals surface area contributed by atoms with Crippen LogP contribution in [0.5, 0.6) is 23.0 Å². The number of hydrogen-bond donors (Lipinski definition) is 0. The van der Waals surface area contributed by atoms with Crippen molar-refractivity contribution < 1.29 is 28.5 Å². The van der Waals surface area contributed by atoms with Crippen LogP contribution in [0.4, 0.5) is 0 Å². The van der Waals surface area contributed by atoms with E-state index in [-0.39, 0.29) is 25.3 Å². The molecule has 2 aliphatic heterocycles. The number of aldehydes is 1. The van der Waals surface area contributed by atoms with E-state index in [0.717, 1.165) is 17.4 Å². The Labute approximate surface area is 156 Å². The monoisotopic (exact) mass is 369 g/mol. The van der Waals surface area contributed by atoms with Crippen molar-refractivity contribution >= 4 is 12.2 Å². The lowest BCUT2D eigenvalue weighted by atomic mass is 9.97. The Morgan fingerprint density at radius 2 is 1.96 bits per heavy atom. The molecule has 7 nitrogen and oxygen atoms in total. The molecule has 0 saturated carbocycles. The minimum atomic E-state index is -0.280. The molecular weight excluding hydrogens is 350 g/mol. The zero-order chi connectivity index (χ0) is 19.0. The highest BCUT2D eigenvalue weighted by Gasteiger charge is 2.40. The molecule has 1 amide bonds. The number of nitrogens with zero attached hydrogens (tertiary/aromatic N) is 1. The van der Waals surface area contributed by atoms with Crippen LogP contribution in [0.2, 0.25) is 0 Å². The molecule has 0 N–H and O–H groups in total. The molecule has 1 unspecified atom stereocenters. The van der Waals surface area contributed by atoms with E-state index in [0.29, 0.717) is 35.0 Å². The topological polar surface area (TPSA) is 74.3 Å². The summed E-state index contributed by atoms with van der Waals surface area (Å²) < 4.78 is 21.5. The Balaban J connectivity index is 1.75. The Morgan fingerprint density at radius 1 is 1.15 bits per heavy atom. The van der Waals surface area contributed by atoms with Crippen LogP contribution in [0, 0.1) is 0 Å². The SMILES string of the molecule is COc1ccc2c(c1OC)C(=O)N(CC=O)C2Cc1ccc2c(c1)OCO2. The highest BCUT2D eigenvalue weighted by Crippen LogP contribution is 2.45. The molecule has 0 aromatic heterocycles. The molecule has 0 fully saturated rings. The third-order valence-corrected chi connectivity index (χ3v) is 4.93. The molecule has 2 aromatic carbocycles. The first-order valence-corrected chi connectivity index (χ1v) is 8.56. The summed E-state index contributed by atoms with van der Waals surface area (Å²) >= 11 is 0. The van der Waals surface area contributed by atoms with Crippen molar-refractivity contribution in [1.29, 1.82) is 0 Å². The maximum atomic E-state index is 13.0. The van der Waals surface area contributed by atoms with Crippen LogP contribution in [-0.2, 0) is 11.2 Å². The van der Waals surface area contributed by atoms with Crippen LogP contribution < -0.4 is 18.9 Å². The first-order chi connectivity index (χ1) is 13.2. The number of carbonyl (C=O) groups excluding carboxylic acids is 2. The normalized spacial score (nSPS) is 17.0. The van der Waals surface area contributed by atoms with Crippen LogP contribution in [0.25, 0.3) is 0 Å². The van der Waals surface area contributed by atoms with Crippen molar-refractivity contribution in [2.75, 3.05) is 27.6 Å². The summed E-state index contributed by atoms with van der Waals surface area (Å²) in [6.45, 7) is 0.214. The van der Waals surface area contributed by atoms with Crippen molar-refractivity contribution in [2.45, 2.75) is 12.5 Å². The lowest BCUT2D eigenvalue weighted by Gasteiger charge is -2.23. The number of benzene rings is 2. The second-order valence-corrected chi connectivity index (χ2v) is 6.30. The fourth-order valence-corrected chi connectivity index (χ4v) is 3.70. The molecule has 7 heteroatoms. The predicted octanol–water partition coefficient (Wildman–Crippen LogP) is 2.37. The fourth-order valence-electron chi connectivity index (χ4n) is 3.70. The highest BCUT2D eigenvalue weighted by atomic mass is 16.7. The molecule has 0 spiro atoms. The lowest BCUT2D eigenvalue weighted by Crippen LogP contribution is -2.31. The van der Waals surface area contributed by atoms with E-state index in [1.54, 1.807) is 11.0 Å². The van der Waals surface area contributed by atoms with Crippen LogP contribution >= 0.6 is 0 Å². The number of ether oxygens (including phenoxy) is 4. The van der Waals surface area contributed by atoms with Gasteiger partial charge in [0.05, 0.1) is 32.4 Å². The Bertz CT molecular complexity index is 910. The molecule has 0 bridgehead atoms. The van der Waals surface area contributed by atoms with E-state index in [2.05, 4.69) is 0 Å². The van der Waals surface area contributed by atoms with Gasteiger partial charge in [-0.15, -0.1) is 0 Å². The van der Waals surface area contributed by atoms with Gasteiger partial charge in [0.15, 0.2) is 23.0 Å². The highest BCUT2D eigenvalue weighted by molar-refractivity contribution is 6.03. The van der Waals surface area contributed by atoms with Gasteiger partial charge in [0, 0.05) is 0 Å². The smallest absolute Gasteiger partial charge is 0.259 e. The summed E-state index contributed by atoms with van der Waals surface area (Å²) in [5, 5.41) is 0. The van der Waals surface area contributed by atoms with E-state index in [4.69, 9.17) is 18.9 Å². The molecule has 140 valence electrons. The maximum Gasteiger partial charge on any atom is 0.259 e. The summed E-state index contributed by atoms with van der Waals surface area (Å²) in [4.78, 5) is 25.8. The molecule has 1 atom stereocenters. The van der Waals surface area contributed by atoms with E-state index in [1.165, 1.54) is 14.2 Å². The average molecular weight is 369 g/mol. The summed E-state index contributed by atoms with van der Waals surface area (Å²) in [7, 11) is 3.03. The molecule has 4 rings (SSSR count). The molecule has 2 aliphatic rings. The van der Waals surface area contributed by atoms with Gasteiger partial charge >= 0.3 is 0 Å². The summed E-state index contributed by atoms with van der Waals surface area (Å²) in [6, 6.07) is 9.06. The van der Waals surface area contributed by atoms with E-state index in [9.17, 15) is 9.59 Å². The van der Waals surface area contributed by atoms with Gasteiger partial charge in [-0.2, -0.15) is 0 Å². The number of amides is 1. The van der Waals surface area contributed by atoms with E-state index in [1.807, 2.05) is 24.3 Å². The molecule has 0 radical (unpaired) electrons. The largest absolute Gasteiger partial charge is 0.493 e. The molecular formula is C20H19NO6. The van der Waals surface area contributed by atoms with Gasteiger partial charge in [-0.05, 0) is 35.7 Å². The van der Waals surface area contributed by atoms with Crippen LogP contribution in [0.3, 0.4) is 0 Å². The molecule has 2 heterocycles. The number of fused-ring (bicyclic) bond motifs is 2. The minimum Gasteiger partial charge on any atom is -0.493 e. The summed E-state index contributed by atoms with van der Waals surface area (Å²) in [5.41, 5.74) is 2.25. The van der Waals surface area contributed by atoms with Gasteiger partial charge in [-0.1, -0.05) is 12.1 Å². The zero-order valence-corrected chi connectivity index (χ0v) is 15.1. The zero-order valence-electron chi connectivity index (χ0n) is 15.1. The van der Waals surface area contributed by atoms with Crippen molar-refractivity contribution in [3.63, 3.8) is 0 Å². The van der Waals surface area contributed by atoms with Crippen molar-refractivity contribution in [3.8, 4) is 23.0 Å². The maximum absolute atomic E-state index is 13.0. The van der Waals surface area contributed by atoms with Crippen LogP contribution in [-0.4, -0.2) is 44.7 Å². The quantitative estimate of drug-likeness (QED) is 0.728. The molecule has 0 aliphatic carbocycles. The molecule has 2 aromatic rings. The standard InChI is InChI=1S/C20H19NO6/c1-24-16-6-4-13-14(9-12-3-5-15-17(10-12)27-11-26-15)21(7-8-22)20(23)18(13)19(16)25-2/h3-6,8,10,14H,7,9,11H2,1-2H3.